The van der Waals surface area contributed by atoms with E-state index in [2.05, 4.69) is 62.0 Å². The highest BCUT2D eigenvalue weighted by molar-refractivity contribution is 5.95. The lowest BCUT2D eigenvalue weighted by molar-refractivity contribution is 0.0920. The number of carbonyl (C=O) groups excluding carboxylic acids is 1. The Morgan fingerprint density at radius 3 is 2.59 bits per heavy atom. The smallest absolute Gasteiger partial charge is 0.251 e. The van der Waals surface area contributed by atoms with Crippen molar-refractivity contribution in [2.75, 3.05) is 25.5 Å². The number of amides is 1. The van der Waals surface area contributed by atoms with Gasteiger partial charge in [-0.15, -0.1) is 0 Å². The van der Waals surface area contributed by atoms with Crippen LogP contribution >= 0.6 is 0 Å². The summed E-state index contributed by atoms with van der Waals surface area (Å²) in [5.74, 6) is 1.45. The largest absolute Gasteiger partial charge is 0.373 e. The molecule has 8 nitrogen and oxygen atoms in total. The summed E-state index contributed by atoms with van der Waals surface area (Å²) < 4.78 is 0. The number of anilines is 1. The molecule has 3 heterocycles. The molecule has 1 unspecified atom stereocenters. The molecule has 0 radical (unpaired) electrons. The zero-order valence-corrected chi connectivity index (χ0v) is 22.2. The van der Waals surface area contributed by atoms with Gasteiger partial charge in [-0.25, -0.2) is 4.98 Å². The fourth-order valence-corrected chi connectivity index (χ4v) is 6.40. The van der Waals surface area contributed by atoms with Crippen LogP contribution in [0.15, 0.2) is 73.1 Å². The lowest BCUT2D eigenvalue weighted by Crippen LogP contribution is -2.46. The average Bonchev–Trinajstić information content (AvgIpc) is 3.44. The van der Waals surface area contributed by atoms with E-state index in [4.69, 9.17) is 4.98 Å². The maximum Gasteiger partial charge on any atom is 0.251 e. The van der Waals surface area contributed by atoms with E-state index in [1.54, 1.807) is 12.4 Å². The highest BCUT2D eigenvalue weighted by Crippen LogP contribution is 2.61. The number of piperidine rings is 1. The van der Waals surface area contributed by atoms with Crippen LogP contribution in [0.1, 0.15) is 59.0 Å². The molecule has 1 saturated heterocycles. The van der Waals surface area contributed by atoms with Crippen molar-refractivity contribution in [2.45, 2.75) is 43.7 Å². The number of hydrogen-bond acceptors (Lipinski definition) is 6. The maximum absolute atomic E-state index is 13.5. The highest BCUT2D eigenvalue weighted by atomic mass is 16.1. The summed E-state index contributed by atoms with van der Waals surface area (Å²) in [6, 6.07) is 20.3. The third-order valence-corrected chi connectivity index (χ3v) is 8.91. The van der Waals surface area contributed by atoms with Gasteiger partial charge in [0.05, 0.1) is 11.6 Å². The maximum atomic E-state index is 13.5. The Morgan fingerprint density at radius 1 is 1.00 bits per heavy atom. The first kappa shape index (κ1) is 24.0. The molecule has 2 aromatic heterocycles. The van der Waals surface area contributed by atoms with Crippen molar-refractivity contribution >= 4 is 11.6 Å². The van der Waals surface area contributed by atoms with Crippen molar-refractivity contribution in [3.8, 4) is 11.4 Å². The van der Waals surface area contributed by atoms with Gasteiger partial charge in [0, 0.05) is 42.3 Å². The second-order valence-corrected chi connectivity index (χ2v) is 11.5. The van der Waals surface area contributed by atoms with Crippen LogP contribution in [0.25, 0.3) is 11.4 Å². The number of fused-ring (bicyclic) bond motifs is 1. The van der Waals surface area contributed by atoms with Gasteiger partial charge in [0.25, 0.3) is 5.91 Å². The number of aromatic amines is 1. The second kappa shape index (κ2) is 9.31. The topological polar surface area (TPSA) is 98.8 Å². The Hall–Kier alpha value is -4.04. The zero-order valence-electron chi connectivity index (χ0n) is 22.2. The number of pyridine rings is 1. The van der Waals surface area contributed by atoms with Crippen LogP contribution in [0.2, 0.25) is 0 Å². The zero-order chi connectivity index (χ0) is 26.5. The second-order valence-electron chi connectivity index (χ2n) is 11.5. The van der Waals surface area contributed by atoms with Crippen molar-refractivity contribution in [1.29, 1.82) is 0 Å². The highest BCUT2D eigenvalue weighted by Gasteiger charge is 2.54. The summed E-state index contributed by atoms with van der Waals surface area (Å²) in [4.78, 5) is 24.9. The van der Waals surface area contributed by atoms with E-state index in [1.165, 1.54) is 24.0 Å². The fraction of sp³-hybridized carbons (Fsp3) is 0.355. The first-order valence-corrected chi connectivity index (χ1v) is 13.8. The third kappa shape index (κ3) is 4.38. The minimum Gasteiger partial charge on any atom is -0.373 e. The summed E-state index contributed by atoms with van der Waals surface area (Å²) in [5.41, 5.74) is 4.93. The van der Waals surface area contributed by atoms with E-state index in [-0.39, 0.29) is 17.4 Å². The van der Waals surface area contributed by atoms with Crippen LogP contribution in [0.3, 0.4) is 0 Å². The summed E-state index contributed by atoms with van der Waals surface area (Å²) in [6.45, 7) is 1.86. The number of aromatic nitrogens is 4. The number of benzene rings is 2. The number of nitrogens with one attached hydrogen (secondary N) is 3. The molecule has 2 fully saturated rings. The van der Waals surface area contributed by atoms with Gasteiger partial charge in [-0.1, -0.05) is 30.3 Å². The van der Waals surface area contributed by atoms with E-state index in [0.717, 1.165) is 49.4 Å². The van der Waals surface area contributed by atoms with Gasteiger partial charge in [-0.2, -0.15) is 5.10 Å². The fourth-order valence-electron chi connectivity index (χ4n) is 6.40. The Labute approximate surface area is 228 Å². The number of hydrogen-bond donors (Lipinski definition) is 3. The molecule has 198 valence electrons. The minimum atomic E-state index is -0.414. The molecule has 2 aromatic carbocycles. The van der Waals surface area contributed by atoms with Crippen molar-refractivity contribution in [2.24, 2.45) is 5.41 Å². The Bertz CT molecular complexity index is 1500. The van der Waals surface area contributed by atoms with Crippen molar-refractivity contribution in [1.82, 2.24) is 30.4 Å². The predicted octanol–water partition coefficient (Wildman–Crippen LogP) is 4.71. The summed E-state index contributed by atoms with van der Waals surface area (Å²) in [6.07, 6.45) is 8.64. The van der Waals surface area contributed by atoms with Crippen molar-refractivity contribution < 1.29 is 4.79 Å². The van der Waals surface area contributed by atoms with Crippen molar-refractivity contribution in [3.63, 3.8) is 0 Å². The van der Waals surface area contributed by atoms with Crippen LogP contribution in [-0.2, 0) is 12.0 Å². The summed E-state index contributed by atoms with van der Waals surface area (Å²) in [5, 5.41) is 14.9. The molecular weight excluding hydrogens is 486 g/mol. The van der Waals surface area contributed by atoms with Gasteiger partial charge in [0.1, 0.15) is 0 Å². The minimum absolute atomic E-state index is 0.0244. The summed E-state index contributed by atoms with van der Waals surface area (Å²) >= 11 is 0. The van der Waals surface area contributed by atoms with Crippen LogP contribution in [-0.4, -0.2) is 51.1 Å². The molecule has 7 rings (SSSR count). The Morgan fingerprint density at radius 2 is 1.79 bits per heavy atom. The van der Waals surface area contributed by atoms with Crippen LogP contribution in [0, 0.1) is 5.41 Å². The van der Waals surface area contributed by atoms with Crippen LogP contribution in [0.5, 0.6) is 0 Å². The number of carbonyl (C=O) groups is 1. The molecule has 1 aliphatic heterocycles. The standard InChI is InChI=1S/C31H33N7O/c1-38-17-13-31(14-18-38,29-34-27(36-37-29)21-9-15-32-16-10-21)35-24-7-4-6-22(19-24)28(39)33-26-25-8-3-2-5-23(25)20-30(26)11-12-30/h2-10,15-16,19,26,35H,11-14,17-18,20H2,1H3,(H,33,39)(H,34,36,37). The molecule has 2 aliphatic carbocycles. The molecule has 3 aliphatic rings. The molecule has 8 heteroatoms. The van der Waals surface area contributed by atoms with E-state index in [1.807, 2.05) is 36.4 Å². The number of H-pyrrole nitrogens is 1. The van der Waals surface area contributed by atoms with Gasteiger partial charge in [-0.05, 0) is 86.0 Å². The SMILES string of the molecule is CN1CCC(Nc2cccc(C(=O)NC3c4ccccc4CC34CC4)c2)(c2nc(-c3ccncc3)n[nH]2)CC1. The third-order valence-electron chi connectivity index (χ3n) is 8.91. The van der Waals surface area contributed by atoms with Crippen LogP contribution < -0.4 is 10.6 Å². The normalized spacial score (nSPS) is 20.9. The monoisotopic (exact) mass is 519 g/mol. The van der Waals surface area contributed by atoms with Gasteiger partial charge in [0.2, 0.25) is 0 Å². The first-order valence-electron chi connectivity index (χ1n) is 13.8. The van der Waals surface area contributed by atoms with Crippen LogP contribution in [0.4, 0.5) is 5.69 Å². The number of likely N-dealkylation sites (tertiary alicyclic amines) is 1. The molecule has 1 spiro atoms. The van der Waals surface area contributed by atoms with Gasteiger partial charge >= 0.3 is 0 Å². The number of rotatable bonds is 6. The molecule has 0 bridgehead atoms. The molecule has 1 saturated carbocycles. The molecule has 1 amide bonds. The lowest BCUT2D eigenvalue weighted by atomic mass is 9.86. The Kier molecular flexibility index (Phi) is 5.74. The van der Waals surface area contributed by atoms with Gasteiger partial charge in [-0.3, -0.25) is 14.9 Å². The molecule has 1 atom stereocenters. The lowest BCUT2D eigenvalue weighted by Gasteiger charge is -2.40. The quantitative estimate of drug-likeness (QED) is 0.341. The Balaban J connectivity index is 1.15. The van der Waals surface area contributed by atoms with E-state index in [0.29, 0.717) is 11.4 Å². The van der Waals surface area contributed by atoms with Gasteiger partial charge in [0.15, 0.2) is 11.6 Å². The molecule has 3 N–H and O–H groups in total. The predicted molar refractivity (Wildman–Crippen MR) is 150 cm³/mol. The average molecular weight is 520 g/mol. The first-order chi connectivity index (χ1) is 19.0. The molecule has 39 heavy (non-hydrogen) atoms. The number of nitrogens with zero attached hydrogens (tertiary/aromatic N) is 4. The van der Waals surface area contributed by atoms with Gasteiger partial charge < -0.3 is 15.5 Å². The summed E-state index contributed by atoms with van der Waals surface area (Å²) in [7, 11) is 2.14. The van der Waals surface area contributed by atoms with Crippen molar-refractivity contribution in [3.05, 3.63) is 95.6 Å². The molecule has 4 aromatic rings. The van der Waals surface area contributed by atoms with E-state index in [9.17, 15) is 4.79 Å². The molecular formula is C31H33N7O. The van der Waals surface area contributed by atoms with E-state index >= 15 is 0 Å². The van der Waals surface area contributed by atoms with E-state index < -0.39 is 5.54 Å².